The minimum atomic E-state index is -1.12. The Kier molecular flexibility index (Phi) is 4.57. The van der Waals surface area contributed by atoms with Crippen LogP contribution in [-0.4, -0.2) is 21.9 Å². The summed E-state index contributed by atoms with van der Waals surface area (Å²) in [6, 6.07) is 7.32. The molecule has 6 heteroatoms. The predicted octanol–water partition coefficient (Wildman–Crippen LogP) is 2.59. The fourth-order valence-electron chi connectivity index (χ4n) is 1.77. The third-order valence-electron chi connectivity index (χ3n) is 2.91. The second kappa shape index (κ2) is 6.38. The van der Waals surface area contributed by atoms with Crippen LogP contribution in [0.15, 0.2) is 40.3 Å². The fourth-order valence-corrected chi connectivity index (χ4v) is 2.49. The van der Waals surface area contributed by atoms with E-state index in [1.165, 1.54) is 29.4 Å². The molecule has 2 aromatic rings. The number of hydrogen-bond acceptors (Lipinski definition) is 4. The van der Waals surface area contributed by atoms with E-state index in [0.29, 0.717) is 12.3 Å². The number of carboxylic acid groups (broad SMARTS) is 1. The highest BCUT2D eigenvalue weighted by molar-refractivity contribution is 7.09. The van der Waals surface area contributed by atoms with Crippen LogP contribution in [-0.2, 0) is 22.7 Å². The summed E-state index contributed by atoms with van der Waals surface area (Å²) in [5.74, 6) is -1.97. The van der Waals surface area contributed by atoms with Gasteiger partial charge < -0.3 is 14.4 Å². The summed E-state index contributed by atoms with van der Waals surface area (Å²) in [4.78, 5) is 25.7. The van der Waals surface area contributed by atoms with E-state index in [-0.39, 0.29) is 6.54 Å². The van der Waals surface area contributed by atoms with E-state index in [9.17, 15) is 9.59 Å². The van der Waals surface area contributed by atoms with Gasteiger partial charge in [0.2, 0.25) is 5.91 Å². The Labute approximate surface area is 120 Å². The van der Waals surface area contributed by atoms with E-state index >= 15 is 0 Å². The lowest BCUT2D eigenvalue weighted by atomic mass is 10.1. The number of aliphatic carboxylic acids is 1. The third-order valence-corrected chi connectivity index (χ3v) is 3.77. The normalized spacial score (nSPS) is 12.1. The van der Waals surface area contributed by atoms with Crippen molar-refractivity contribution in [3.05, 3.63) is 46.5 Å². The van der Waals surface area contributed by atoms with Gasteiger partial charge in [-0.1, -0.05) is 6.07 Å². The summed E-state index contributed by atoms with van der Waals surface area (Å²) >= 11 is 1.53. The average molecular weight is 293 g/mol. The predicted molar refractivity (Wildman–Crippen MR) is 74.1 cm³/mol. The van der Waals surface area contributed by atoms with Crippen molar-refractivity contribution in [2.24, 2.45) is 5.92 Å². The molecule has 1 amide bonds. The van der Waals surface area contributed by atoms with Crippen LogP contribution in [0.2, 0.25) is 0 Å². The van der Waals surface area contributed by atoms with Crippen molar-refractivity contribution < 1.29 is 19.1 Å². The highest BCUT2D eigenvalue weighted by Gasteiger charge is 2.27. The Morgan fingerprint density at radius 1 is 1.35 bits per heavy atom. The standard InChI is InChI=1S/C14H15NO4S/c1-10(14(17)18)13(16)15(8-11-4-2-6-19-11)9-12-5-3-7-20-12/h2-7,10H,8-9H2,1H3,(H,17,18). The van der Waals surface area contributed by atoms with E-state index in [4.69, 9.17) is 9.52 Å². The first-order chi connectivity index (χ1) is 9.58. The van der Waals surface area contributed by atoms with Crippen molar-refractivity contribution in [1.29, 1.82) is 0 Å². The van der Waals surface area contributed by atoms with Crippen LogP contribution >= 0.6 is 11.3 Å². The van der Waals surface area contributed by atoms with E-state index in [0.717, 1.165) is 4.88 Å². The number of furan rings is 1. The molecule has 0 bridgehead atoms. The quantitative estimate of drug-likeness (QED) is 0.831. The number of nitrogens with zero attached hydrogens (tertiary/aromatic N) is 1. The van der Waals surface area contributed by atoms with Gasteiger partial charge in [0.1, 0.15) is 11.7 Å². The van der Waals surface area contributed by atoms with Crippen LogP contribution in [0.25, 0.3) is 0 Å². The molecule has 0 aliphatic carbocycles. The number of thiophene rings is 1. The smallest absolute Gasteiger partial charge is 0.315 e. The summed E-state index contributed by atoms with van der Waals surface area (Å²) in [6.07, 6.45) is 1.53. The van der Waals surface area contributed by atoms with Gasteiger partial charge in [0.05, 0.1) is 19.4 Å². The summed E-state index contributed by atoms with van der Waals surface area (Å²) in [7, 11) is 0. The highest BCUT2D eigenvalue weighted by atomic mass is 32.1. The van der Waals surface area contributed by atoms with E-state index in [2.05, 4.69) is 0 Å². The lowest BCUT2D eigenvalue weighted by Crippen LogP contribution is -2.37. The van der Waals surface area contributed by atoms with Gasteiger partial charge >= 0.3 is 5.97 Å². The summed E-state index contributed by atoms with van der Waals surface area (Å²) in [5, 5.41) is 10.9. The largest absolute Gasteiger partial charge is 0.481 e. The van der Waals surface area contributed by atoms with Gasteiger partial charge in [-0.25, -0.2) is 0 Å². The maximum atomic E-state index is 12.2. The molecular formula is C14H15NO4S. The molecule has 1 atom stereocenters. The second-order valence-corrected chi connectivity index (χ2v) is 5.45. The molecule has 106 valence electrons. The number of carbonyl (C=O) groups excluding carboxylic acids is 1. The van der Waals surface area contributed by atoms with Gasteiger partial charge in [0.25, 0.3) is 0 Å². The fraction of sp³-hybridized carbons (Fsp3) is 0.286. The number of carboxylic acids is 1. The van der Waals surface area contributed by atoms with Gasteiger partial charge in [-0.3, -0.25) is 9.59 Å². The molecule has 1 N–H and O–H groups in total. The number of carbonyl (C=O) groups is 2. The topological polar surface area (TPSA) is 70.8 Å². The maximum Gasteiger partial charge on any atom is 0.315 e. The Bertz CT molecular complexity index is 526. The summed E-state index contributed by atoms with van der Waals surface area (Å²) < 4.78 is 5.24. The summed E-state index contributed by atoms with van der Waals surface area (Å²) in [6.45, 7) is 2.05. The van der Waals surface area contributed by atoms with Crippen LogP contribution in [0, 0.1) is 5.92 Å². The molecule has 0 saturated carbocycles. The zero-order valence-electron chi connectivity index (χ0n) is 11.0. The Morgan fingerprint density at radius 3 is 2.70 bits per heavy atom. The molecule has 0 aliphatic rings. The average Bonchev–Trinajstić information content (AvgIpc) is 3.09. The zero-order chi connectivity index (χ0) is 14.5. The Balaban J connectivity index is 2.14. The van der Waals surface area contributed by atoms with Crippen LogP contribution in [0.4, 0.5) is 0 Å². The van der Waals surface area contributed by atoms with Crippen LogP contribution in [0.1, 0.15) is 17.6 Å². The first-order valence-corrected chi connectivity index (χ1v) is 7.02. The SMILES string of the molecule is CC(C(=O)O)C(=O)N(Cc1ccco1)Cc1cccs1. The summed E-state index contributed by atoms with van der Waals surface area (Å²) in [5.41, 5.74) is 0. The van der Waals surface area contributed by atoms with E-state index < -0.39 is 17.8 Å². The molecule has 0 aliphatic heterocycles. The number of rotatable bonds is 6. The van der Waals surface area contributed by atoms with Crippen molar-refractivity contribution in [1.82, 2.24) is 4.90 Å². The third kappa shape index (κ3) is 3.48. The number of amides is 1. The van der Waals surface area contributed by atoms with Gasteiger partial charge in [-0.05, 0) is 30.5 Å². The molecule has 2 heterocycles. The molecule has 2 aromatic heterocycles. The van der Waals surface area contributed by atoms with Crippen molar-refractivity contribution in [3.63, 3.8) is 0 Å². The highest BCUT2D eigenvalue weighted by Crippen LogP contribution is 2.17. The van der Waals surface area contributed by atoms with Crippen molar-refractivity contribution >= 4 is 23.2 Å². The van der Waals surface area contributed by atoms with Gasteiger partial charge in [-0.15, -0.1) is 11.3 Å². The first kappa shape index (κ1) is 14.3. The Hall–Kier alpha value is -2.08. The molecule has 0 saturated heterocycles. The maximum absolute atomic E-state index is 12.2. The van der Waals surface area contributed by atoms with Gasteiger partial charge in [-0.2, -0.15) is 0 Å². The van der Waals surface area contributed by atoms with Crippen molar-refractivity contribution in [3.8, 4) is 0 Å². The van der Waals surface area contributed by atoms with Crippen molar-refractivity contribution in [2.75, 3.05) is 0 Å². The lowest BCUT2D eigenvalue weighted by molar-refractivity contribution is -0.151. The first-order valence-electron chi connectivity index (χ1n) is 6.14. The van der Waals surface area contributed by atoms with Crippen LogP contribution in [0.3, 0.4) is 0 Å². The van der Waals surface area contributed by atoms with Crippen molar-refractivity contribution in [2.45, 2.75) is 20.0 Å². The minimum absolute atomic E-state index is 0.265. The number of hydrogen-bond donors (Lipinski definition) is 1. The molecule has 5 nitrogen and oxygen atoms in total. The van der Waals surface area contributed by atoms with Crippen LogP contribution in [0.5, 0.6) is 0 Å². The van der Waals surface area contributed by atoms with E-state index in [1.807, 2.05) is 17.5 Å². The molecule has 2 rings (SSSR count). The van der Waals surface area contributed by atoms with E-state index in [1.54, 1.807) is 12.1 Å². The molecule has 0 spiro atoms. The molecular weight excluding hydrogens is 278 g/mol. The van der Waals surface area contributed by atoms with Crippen LogP contribution < -0.4 is 0 Å². The minimum Gasteiger partial charge on any atom is -0.481 e. The van der Waals surface area contributed by atoms with Gasteiger partial charge in [0.15, 0.2) is 0 Å². The Morgan fingerprint density at radius 2 is 2.15 bits per heavy atom. The molecule has 0 radical (unpaired) electrons. The lowest BCUT2D eigenvalue weighted by Gasteiger charge is -2.23. The zero-order valence-corrected chi connectivity index (χ0v) is 11.8. The monoisotopic (exact) mass is 293 g/mol. The molecule has 1 unspecified atom stereocenters. The second-order valence-electron chi connectivity index (χ2n) is 4.41. The van der Waals surface area contributed by atoms with Gasteiger partial charge in [0, 0.05) is 4.88 Å². The molecule has 0 fully saturated rings. The molecule has 0 aromatic carbocycles. The molecule has 20 heavy (non-hydrogen) atoms.